The van der Waals surface area contributed by atoms with Crippen LogP contribution >= 0.6 is 0 Å². The van der Waals surface area contributed by atoms with Crippen molar-refractivity contribution in [3.63, 3.8) is 0 Å². The first-order chi connectivity index (χ1) is 14.4. The Labute approximate surface area is 178 Å². The van der Waals surface area contributed by atoms with Gasteiger partial charge in [0.15, 0.2) is 11.5 Å². The Kier molecular flexibility index (Phi) is 4.78. The predicted octanol–water partition coefficient (Wildman–Crippen LogP) is 3.32. The second kappa shape index (κ2) is 7.13. The highest BCUT2D eigenvalue weighted by atomic mass is 16.6. The van der Waals surface area contributed by atoms with Crippen LogP contribution in [-0.2, 0) is 20.8 Å². The van der Waals surface area contributed by atoms with E-state index in [0.29, 0.717) is 30.5 Å². The fourth-order valence-corrected chi connectivity index (χ4v) is 6.83. The molecule has 164 valence electrons. The summed E-state index contributed by atoms with van der Waals surface area (Å²) in [6.07, 6.45) is 4.75. The molecule has 1 aromatic rings. The van der Waals surface area contributed by atoms with Crippen LogP contribution in [0.1, 0.15) is 45.1 Å². The molecule has 30 heavy (non-hydrogen) atoms. The molecule has 2 heterocycles. The van der Waals surface area contributed by atoms with Gasteiger partial charge in [-0.3, -0.25) is 4.79 Å². The molecule has 2 aliphatic heterocycles. The van der Waals surface area contributed by atoms with Gasteiger partial charge in [0.05, 0.1) is 26.2 Å². The van der Waals surface area contributed by atoms with Gasteiger partial charge in [-0.05, 0) is 42.9 Å². The molecule has 0 bridgehead atoms. The van der Waals surface area contributed by atoms with Crippen molar-refractivity contribution in [1.82, 2.24) is 5.32 Å². The molecule has 2 saturated carbocycles. The van der Waals surface area contributed by atoms with Gasteiger partial charge in [-0.1, -0.05) is 26.3 Å². The Hall–Kier alpha value is -1.79. The zero-order valence-corrected chi connectivity index (χ0v) is 18.4. The smallest absolute Gasteiger partial charge is 0.311 e. The largest absolute Gasteiger partial charge is 0.493 e. The minimum atomic E-state index is -0.141. The Morgan fingerprint density at radius 2 is 2.03 bits per heavy atom. The SMILES string of the molecule is COc1ccc(CNCC2C(=O)O[C@@H]3C[C@@]4(C)CCC[C@H](C)[C@@]45O[C@H]5[C@H]23)cc1OC. The molecule has 0 radical (unpaired) electrons. The number of hydrogen-bond acceptors (Lipinski definition) is 6. The predicted molar refractivity (Wildman–Crippen MR) is 111 cm³/mol. The summed E-state index contributed by atoms with van der Waals surface area (Å²) >= 11 is 0. The van der Waals surface area contributed by atoms with Crippen molar-refractivity contribution < 1.29 is 23.7 Å². The number of benzene rings is 1. The van der Waals surface area contributed by atoms with Gasteiger partial charge in [-0.25, -0.2) is 0 Å². The van der Waals surface area contributed by atoms with Crippen LogP contribution in [0.4, 0.5) is 0 Å². The molecule has 6 heteroatoms. The zero-order valence-electron chi connectivity index (χ0n) is 18.4. The third kappa shape index (κ3) is 2.79. The molecule has 2 aliphatic carbocycles. The summed E-state index contributed by atoms with van der Waals surface area (Å²) in [6.45, 7) is 5.96. The highest BCUT2D eigenvalue weighted by Crippen LogP contribution is 2.70. The molecule has 1 unspecified atom stereocenters. The van der Waals surface area contributed by atoms with Gasteiger partial charge in [-0.2, -0.15) is 0 Å². The van der Waals surface area contributed by atoms with E-state index in [9.17, 15) is 4.79 Å². The third-order valence-electron chi connectivity index (χ3n) is 8.34. The molecule has 0 aromatic heterocycles. The van der Waals surface area contributed by atoms with Gasteiger partial charge in [-0.15, -0.1) is 0 Å². The molecule has 7 atom stereocenters. The molecular weight excluding hydrogens is 382 g/mol. The van der Waals surface area contributed by atoms with Crippen molar-refractivity contribution in [3.05, 3.63) is 23.8 Å². The monoisotopic (exact) mass is 415 g/mol. The van der Waals surface area contributed by atoms with Gasteiger partial charge in [0.25, 0.3) is 0 Å². The number of epoxide rings is 1. The average Bonchev–Trinajstić information content (AvgIpc) is 3.42. The lowest BCUT2D eigenvalue weighted by molar-refractivity contribution is -0.146. The normalized spacial score (nSPS) is 41.3. The molecule has 2 saturated heterocycles. The van der Waals surface area contributed by atoms with Crippen molar-refractivity contribution >= 4 is 5.97 Å². The van der Waals surface area contributed by atoms with Crippen LogP contribution in [0.5, 0.6) is 11.5 Å². The summed E-state index contributed by atoms with van der Waals surface area (Å²) in [4.78, 5) is 12.8. The number of esters is 1. The van der Waals surface area contributed by atoms with E-state index in [1.54, 1.807) is 14.2 Å². The minimum absolute atomic E-state index is 0.00121. The van der Waals surface area contributed by atoms with Crippen molar-refractivity contribution in [3.8, 4) is 11.5 Å². The molecule has 1 spiro atoms. The quantitative estimate of drug-likeness (QED) is 0.568. The maximum atomic E-state index is 12.8. The summed E-state index contributed by atoms with van der Waals surface area (Å²) in [6, 6.07) is 5.89. The Morgan fingerprint density at radius 3 is 2.80 bits per heavy atom. The lowest BCUT2D eigenvalue weighted by atomic mass is 9.53. The number of fused-ring (bicyclic) bond motifs is 2. The van der Waals surface area contributed by atoms with Crippen LogP contribution in [0.2, 0.25) is 0 Å². The number of nitrogens with one attached hydrogen (secondary N) is 1. The third-order valence-corrected chi connectivity index (χ3v) is 8.34. The molecule has 5 rings (SSSR count). The number of methoxy groups -OCH3 is 2. The van der Waals surface area contributed by atoms with Gasteiger partial charge in [0, 0.05) is 24.4 Å². The van der Waals surface area contributed by atoms with Crippen LogP contribution in [0.25, 0.3) is 0 Å². The number of carbonyl (C=O) groups is 1. The Morgan fingerprint density at radius 1 is 1.23 bits per heavy atom. The molecule has 6 nitrogen and oxygen atoms in total. The van der Waals surface area contributed by atoms with Gasteiger partial charge in [0.2, 0.25) is 0 Å². The summed E-state index contributed by atoms with van der Waals surface area (Å²) in [5, 5.41) is 3.47. The van der Waals surface area contributed by atoms with E-state index in [2.05, 4.69) is 19.2 Å². The summed E-state index contributed by atoms with van der Waals surface area (Å²) in [7, 11) is 3.27. The van der Waals surface area contributed by atoms with Crippen molar-refractivity contribution in [2.45, 2.75) is 63.9 Å². The van der Waals surface area contributed by atoms with Crippen molar-refractivity contribution in [2.24, 2.45) is 23.2 Å². The molecule has 1 aromatic carbocycles. The first kappa shape index (κ1) is 20.1. The molecule has 4 fully saturated rings. The molecule has 0 amide bonds. The van der Waals surface area contributed by atoms with Gasteiger partial charge in [0.1, 0.15) is 11.7 Å². The number of ether oxygens (including phenoxy) is 4. The second-order valence-corrected chi connectivity index (χ2v) is 9.87. The lowest BCUT2D eigenvalue weighted by Gasteiger charge is -2.48. The van der Waals surface area contributed by atoms with Gasteiger partial charge < -0.3 is 24.3 Å². The van der Waals surface area contributed by atoms with Crippen molar-refractivity contribution in [2.75, 3.05) is 20.8 Å². The fraction of sp³-hybridized carbons (Fsp3) is 0.708. The van der Waals surface area contributed by atoms with Crippen LogP contribution in [-0.4, -0.2) is 44.5 Å². The summed E-state index contributed by atoms with van der Waals surface area (Å²) in [5.41, 5.74) is 1.19. The van der Waals surface area contributed by atoms with Gasteiger partial charge >= 0.3 is 5.97 Å². The van der Waals surface area contributed by atoms with Crippen LogP contribution in [0.3, 0.4) is 0 Å². The standard InChI is InChI=1S/C24H33NO5/c1-14-6-5-9-23(2)11-19-20(21-24(14,23)30-21)16(22(26)29-19)13-25-12-15-7-8-17(27-3)18(10-15)28-4/h7-8,10,14,16,19-21,25H,5-6,9,11-13H2,1-4H3/t14-,16?,19+,20+,21-,23+,24-/m0/s1. The second-order valence-electron chi connectivity index (χ2n) is 9.87. The highest BCUT2D eigenvalue weighted by Gasteiger charge is 2.78. The number of rotatable bonds is 6. The van der Waals surface area contributed by atoms with Crippen LogP contribution in [0, 0.1) is 23.2 Å². The van der Waals surface area contributed by atoms with E-state index in [4.69, 9.17) is 18.9 Å². The number of hydrogen-bond donors (Lipinski definition) is 1. The first-order valence-corrected chi connectivity index (χ1v) is 11.2. The first-order valence-electron chi connectivity index (χ1n) is 11.2. The van der Waals surface area contributed by atoms with E-state index in [-0.39, 0.29) is 41.0 Å². The molecule has 4 aliphatic rings. The fourth-order valence-electron chi connectivity index (χ4n) is 6.83. The Bertz CT molecular complexity index is 843. The van der Waals surface area contributed by atoms with E-state index >= 15 is 0 Å². The van der Waals surface area contributed by atoms with E-state index in [1.807, 2.05) is 18.2 Å². The Balaban J connectivity index is 1.27. The highest BCUT2D eigenvalue weighted by molar-refractivity contribution is 5.76. The van der Waals surface area contributed by atoms with Crippen LogP contribution < -0.4 is 14.8 Å². The minimum Gasteiger partial charge on any atom is -0.493 e. The van der Waals surface area contributed by atoms with E-state index in [1.165, 1.54) is 19.3 Å². The summed E-state index contributed by atoms with van der Waals surface area (Å²) < 4.78 is 23.1. The topological polar surface area (TPSA) is 69.3 Å². The maximum absolute atomic E-state index is 12.8. The van der Waals surface area contributed by atoms with Crippen molar-refractivity contribution in [1.29, 1.82) is 0 Å². The average molecular weight is 416 g/mol. The zero-order chi connectivity index (χ0) is 21.1. The maximum Gasteiger partial charge on any atom is 0.311 e. The van der Waals surface area contributed by atoms with Crippen LogP contribution in [0.15, 0.2) is 18.2 Å². The van der Waals surface area contributed by atoms with E-state index in [0.717, 1.165) is 12.0 Å². The summed E-state index contributed by atoms with van der Waals surface area (Å²) in [5.74, 6) is 1.95. The molecular formula is C24H33NO5. The number of carbonyl (C=O) groups excluding carboxylic acids is 1. The van der Waals surface area contributed by atoms with E-state index < -0.39 is 0 Å². The lowest BCUT2D eigenvalue weighted by Crippen LogP contribution is -2.54. The molecule has 1 N–H and O–H groups in total.